The van der Waals surface area contributed by atoms with Crippen molar-refractivity contribution < 1.29 is 32.7 Å². The SMILES string of the molecule is CC(C)c1cnc2c([c-]cn2C)c1.[Y]. The molecule has 0 saturated carbocycles. The second-order valence-corrected chi connectivity index (χ2v) is 3.68. The van der Waals surface area contributed by atoms with Gasteiger partial charge in [-0.3, -0.25) is 0 Å². The Kier molecular flexibility index (Phi) is 3.85. The van der Waals surface area contributed by atoms with Crippen molar-refractivity contribution >= 4 is 11.0 Å². The van der Waals surface area contributed by atoms with E-state index in [2.05, 4.69) is 31.0 Å². The van der Waals surface area contributed by atoms with E-state index in [0.29, 0.717) is 5.92 Å². The molecule has 2 aromatic heterocycles. The van der Waals surface area contributed by atoms with Crippen molar-refractivity contribution in [3.8, 4) is 0 Å². The van der Waals surface area contributed by atoms with Crippen LogP contribution in [-0.2, 0) is 39.8 Å². The summed E-state index contributed by atoms with van der Waals surface area (Å²) in [5, 5.41) is 1.11. The van der Waals surface area contributed by atoms with Crippen LogP contribution < -0.4 is 0 Å². The largest absolute Gasteiger partial charge is 0.399 e. The molecule has 0 aromatic carbocycles. The molecule has 0 amide bonds. The third-order valence-electron chi connectivity index (χ3n) is 2.30. The molecule has 71 valence electrons. The van der Waals surface area contributed by atoms with Gasteiger partial charge in [0.2, 0.25) is 0 Å². The van der Waals surface area contributed by atoms with Gasteiger partial charge in [-0.15, -0.1) is 5.39 Å². The number of hydrogen-bond donors (Lipinski definition) is 0. The molecular weight excluding hydrogens is 249 g/mol. The van der Waals surface area contributed by atoms with E-state index < -0.39 is 0 Å². The van der Waals surface area contributed by atoms with Gasteiger partial charge in [0.25, 0.3) is 0 Å². The molecule has 0 atom stereocenters. The van der Waals surface area contributed by atoms with Crippen LogP contribution in [-0.4, -0.2) is 9.55 Å². The minimum atomic E-state index is 0. The molecule has 3 heteroatoms. The maximum Gasteiger partial charge on any atom is 0.0258 e. The first kappa shape index (κ1) is 11.9. The maximum atomic E-state index is 4.39. The van der Waals surface area contributed by atoms with Crippen LogP contribution in [0, 0.1) is 6.07 Å². The third-order valence-corrected chi connectivity index (χ3v) is 2.30. The molecule has 1 radical (unpaired) electrons. The van der Waals surface area contributed by atoms with Gasteiger partial charge >= 0.3 is 0 Å². The van der Waals surface area contributed by atoms with Crippen molar-refractivity contribution in [2.24, 2.45) is 7.05 Å². The van der Waals surface area contributed by atoms with E-state index in [9.17, 15) is 0 Å². The van der Waals surface area contributed by atoms with Crippen molar-refractivity contribution in [3.63, 3.8) is 0 Å². The molecule has 0 aliphatic heterocycles. The standard InChI is InChI=1S/C11H13N2.Y/c1-8(2)10-6-9-4-5-13(3)11(9)12-7-10;/h5-8H,1-3H3;/q-1;. The van der Waals surface area contributed by atoms with Gasteiger partial charge in [-0.25, -0.2) is 0 Å². The molecule has 0 saturated heterocycles. The topological polar surface area (TPSA) is 17.8 Å². The number of nitrogens with zero attached hydrogens (tertiary/aromatic N) is 2. The fourth-order valence-corrected chi connectivity index (χ4v) is 1.40. The minimum absolute atomic E-state index is 0. The zero-order chi connectivity index (χ0) is 9.42. The average molecular weight is 262 g/mol. The molecule has 2 nitrogen and oxygen atoms in total. The Labute approximate surface area is 110 Å². The van der Waals surface area contributed by atoms with E-state index in [4.69, 9.17) is 0 Å². The van der Waals surface area contributed by atoms with Gasteiger partial charge in [0, 0.05) is 44.6 Å². The summed E-state index contributed by atoms with van der Waals surface area (Å²) >= 11 is 0. The fraction of sp³-hybridized carbons (Fsp3) is 0.364. The second kappa shape index (κ2) is 4.54. The second-order valence-electron chi connectivity index (χ2n) is 3.68. The van der Waals surface area contributed by atoms with Gasteiger partial charge in [-0.1, -0.05) is 25.6 Å². The van der Waals surface area contributed by atoms with E-state index in [1.54, 1.807) is 0 Å². The molecule has 0 aliphatic rings. The van der Waals surface area contributed by atoms with Crippen LogP contribution in [0.5, 0.6) is 0 Å². The Morgan fingerprint density at radius 1 is 1.43 bits per heavy atom. The molecule has 0 N–H and O–H groups in total. The summed E-state index contributed by atoms with van der Waals surface area (Å²) < 4.78 is 1.99. The smallest absolute Gasteiger partial charge is 0.0258 e. The molecule has 14 heavy (non-hydrogen) atoms. The Balaban J connectivity index is 0.000000980. The van der Waals surface area contributed by atoms with Gasteiger partial charge in [0.15, 0.2) is 0 Å². The quantitative estimate of drug-likeness (QED) is 0.722. The molecular formula is C11H13N2Y-. The van der Waals surface area contributed by atoms with Crippen LogP contribution in [0.15, 0.2) is 18.5 Å². The predicted octanol–water partition coefficient (Wildman–Crippen LogP) is 2.49. The van der Waals surface area contributed by atoms with Gasteiger partial charge < -0.3 is 9.55 Å². The number of hydrogen-bond acceptors (Lipinski definition) is 1. The summed E-state index contributed by atoms with van der Waals surface area (Å²) in [6.07, 6.45) is 3.86. The van der Waals surface area contributed by atoms with Crippen LogP contribution in [0.2, 0.25) is 0 Å². The summed E-state index contributed by atoms with van der Waals surface area (Å²) in [4.78, 5) is 4.39. The molecule has 0 spiro atoms. The van der Waals surface area contributed by atoms with E-state index in [1.807, 2.05) is 24.0 Å². The van der Waals surface area contributed by atoms with Crippen LogP contribution in [0.1, 0.15) is 25.3 Å². The monoisotopic (exact) mass is 262 g/mol. The van der Waals surface area contributed by atoms with Crippen molar-refractivity contribution in [2.45, 2.75) is 19.8 Å². The molecule has 0 bridgehead atoms. The zero-order valence-electron chi connectivity index (χ0n) is 8.78. The van der Waals surface area contributed by atoms with Gasteiger partial charge in [0.05, 0.1) is 0 Å². The Bertz CT molecular complexity index is 432. The third kappa shape index (κ3) is 2.07. The van der Waals surface area contributed by atoms with Crippen LogP contribution >= 0.6 is 0 Å². The van der Waals surface area contributed by atoms with Crippen LogP contribution in [0.4, 0.5) is 0 Å². The first-order valence-electron chi connectivity index (χ1n) is 4.51. The molecule has 0 aliphatic carbocycles. The summed E-state index contributed by atoms with van der Waals surface area (Å²) in [5.41, 5.74) is 2.28. The summed E-state index contributed by atoms with van der Waals surface area (Å²) in [6.45, 7) is 4.34. The van der Waals surface area contributed by atoms with Crippen LogP contribution in [0.25, 0.3) is 11.0 Å². The molecule has 0 fully saturated rings. The molecule has 2 rings (SSSR count). The number of aromatic nitrogens is 2. The van der Waals surface area contributed by atoms with Crippen LogP contribution in [0.3, 0.4) is 0 Å². The number of aryl methyl sites for hydroxylation is 1. The average Bonchev–Trinajstić information content (AvgIpc) is 2.47. The van der Waals surface area contributed by atoms with E-state index in [-0.39, 0.29) is 32.7 Å². The Hall–Kier alpha value is -0.206. The molecule has 2 heterocycles. The van der Waals surface area contributed by atoms with Crippen molar-refractivity contribution in [1.82, 2.24) is 9.55 Å². The summed E-state index contributed by atoms with van der Waals surface area (Å²) in [5.74, 6) is 0.533. The number of fused-ring (bicyclic) bond motifs is 1. The Morgan fingerprint density at radius 2 is 2.14 bits per heavy atom. The number of rotatable bonds is 1. The fourth-order valence-electron chi connectivity index (χ4n) is 1.40. The normalized spacial score (nSPS) is 10.6. The van der Waals surface area contributed by atoms with Crippen molar-refractivity contribution in [3.05, 3.63) is 30.1 Å². The first-order chi connectivity index (χ1) is 6.18. The summed E-state index contributed by atoms with van der Waals surface area (Å²) in [7, 11) is 1.99. The Morgan fingerprint density at radius 3 is 2.79 bits per heavy atom. The number of pyridine rings is 1. The van der Waals surface area contributed by atoms with E-state index in [0.717, 1.165) is 11.0 Å². The van der Waals surface area contributed by atoms with Crippen molar-refractivity contribution in [2.75, 3.05) is 0 Å². The van der Waals surface area contributed by atoms with E-state index >= 15 is 0 Å². The van der Waals surface area contributed by atoms with E-state index in [1.165, 1.54) is 5.56 Å². The first-order valence-corrected chi connectivity index (χ1v) is 4.51. The van der Waals surface area contributed by atoms with Gasteiger partial charge in [0.1, 0.15) is 0 Å². The van der Waals surface area contributed by atoms with Gasteiger partial charge in [-0.2, -0.15) is 12.1 Å². The predicted molar refractivity (Wildman–Crippen MR) is 53.6 cm³/mol. The van der Waals surface area contributed by atoms with Crippen molar-refractivity contribution in [1.29, 1.82) is 0 Å². The summed E-state index contributed by atoms with van der Waals surface area (Å²) in [6, 6.07) is 5.34. The zero-order valence-corrected chi connectivity index (χ0v) is 11.6. The minimum Gasteiger partial charge on any atom is -0.399 e. The molecule has 0 unspecified atom stereocenters. The van der Waals surface area contributed by atoms with Gasteiger partial charge in [-0.05, 0) is 13.0 Å². The maximum absolute atomic E-state index is 4.39. The molecule has 2 aromatic rings.